The normalized spacial score (nSPS) is 28.8. The lowest BCUT2D eigenvalue weighted by molar-refractivity contribution is -0.142. The fourth-order valence-electron chi connectivity index (χ4n) is 4.95. The van der Waals surface area contributed by atoms with Crippen LogP contribution in [0.5, 0.6) is 5.19 Å². The zero-order chi connectivity index (χ0) is 17.3. The van der Waals surface area contributed by atoms with Gasteiger partial charge in [0.2, 0.25) is 5.91 Å². The highest BCUT2D eigenvalue weighted by atomic mass is 32.1. The number of carbonyl (C=O) groups is 1. The molecule has 3 heterocycles. The molecule has 7 heteroatoms. The van der Waals surface area contributed by atoms with Gasteiger partial charge in [-0.15, -0.1) is 10.2 Å². The summed E-state index contributed by atoms with van der Waals surface area (Å²) in [7, 11) is 1.64. The highest BCUT2D eigenvalue weighted by Gasteiger charge is 2.43. The number of methoxy groups -OCH3 is 1. The number of aromatic nitrogens is 2. The van der Waals surface area contributed by atoms with Crippen LogP contribution >= 0.6 is 11.3 Å². The maximum Gasteiger partial charge on any atom is 0.293 e. The van der Waals surface area contributed by atoms with Crippen LogP contribution in [-0.2, 0) is 11.3 Å². The number of likely N-dealkylation sites (tertiary alicyclic amines) is 2. The van der Waals surface area contributed by atoms with Crippen molar-refractivity contribution in [2.24, 2.45) is 5.41 Å². The van der Waals surface area contributed by atoms with Crippen molar-refractivity contribution in [1.82, 2.24) is 20.0 Å². The van der Waals surface area contributed by atoms with Crippen LogP contribution in [0.3, 0.4) is 0 Å². The standard InChI is InChI=1S/C18H28N4O2S/c1-24-17-20-19-15(25-17)11-21-10-4-8-18(12-21)9-7-16(23)22(13-18)14-5-2-3-6-14/h14H,2-13H2,1H3/t18-/m0/s1. The fraction of sp³-hybridized carbons (Fsp3) is 0.833. The molecule has 0 aromatic carbocycles. The van der Waals surface area contributed by atoms with Crippen LogP contribution in [0.1, 0.15) is 56.4 Å². The predicted molar refractivity (Wildman–Crippen MR) is 96.6 cm³/mol. The molecule has 3 fully saturated rings. The summed E-state index contributed by atoms with van der Waals surface area (Å²) >= 11 is 1.53. The lowest BCUT2D eigenvalue weighted by Crippen LogP contribution is -2.55. The molecular weight excluding hydrogens is 336 g/mol. The smallest absolute Gasteiger partial charge is 0.293 e. The summed E-state index contributed by atoms with van der Waals surface area (Å²) in [4.78, 5) is 17.2. The molecule has 1 saturated carbocycles. The highest BCUT2D eigenvalue weighted by Crippen LogP contribution is 2.41. The molecular formula is C18H28N4O2S. The summed E-state index contributed by atoms with van der Waals surface area (Å²) in [6.07, 6.45) is 9.22. The molecule has 0 unspecified atom stereocenters. The molecule has 2 saturated heterocycles. The van der Waals surface area contributed by atoms with Crippen molar-refractivity contribution >= 4 is 17.2 Å². The third-order valence-electron chi connectivity index (χ3n) is 6.18. The largest absolute Gasteiger partial charge is 0.472 e. The van der Waals surface area contributed by atoms with Gasteiger partial charge in [0.25, 0.3) is 5.19 Å². The van der Waals surface area contributed by atoms with Gasteiger partial charge in [0, 0.05) is 31.0 Å². The maximum atomic E-state index is 12.5. The van der Waals surface area contributed by atoms with Gasteiger partial charge < -0.3 is 9.64 Å². The number of carbonyl (C=O) groups excluding carboxylic acids is 1. The minimum absolute atomic E-state index is 0.281. The molecule has 1 spiro atoms. The topological polar surface area (TPSA) is 58.6 Å². The minimum atomic E-state index is 0.281. The SMILES string of the molecule is COc1nnc(CN2CCC[C@]3(CCC(=O)N(C4CCCC4)C3)C2)s1. The molecule has 3 aliphatic rings. The Kier molecular flexibility index (Phi) is 4.95. The average Bonchev–Trinajstić information content (AvgIpc) is 3.29. The number of ether oxygens (including phenoxy) is 1. The van der Waals surface area contributed by atoms with Crippen molar-refractivity contribution in [3.63, 3.8) is 0 Å². The van der Waals surface area contributed by atoms with Crippen molar-refractivity contribution in [3.05, 3.63) is 5.01 Å². The fourth-order valence-corrected chi connectivity index (χ4v) is 5.64. The summed E-state index contributed by atoms with van der Waals surface area (Å²) in [5.41, 5.74) is 0.281. The van der Waals surface area contributed by atoms with Gasteiger partial charge in [0.15, 0.2) is 0 Å². The Morgan fingerprint density at radius 1 is 1.20 bits per heavy atom. The second-order valence-electron chi connectivity index (χ2n) is 7.94. The van der Waals surface area contributed by atoms with Gasteiger partial charge in [-0.3, -0.25) is 9.69 Å². The van der Waals surface area contributed by atoms with E-state index in [4.69, 9.17) is 4.74 Å². The van der Waals surface area contributed by atoms with Crippen LogP contribution < -0.4 is 4.74 Å². The van der Waals surface area contributed by atoms with E-state index >= 15 is 0 Å². The summed E-state index contributed by atoms with van der Waals surface area (Å²) in [6, 6.07) is 0.507. The Morgan fingerprint density at radius 3 is 2.80 bits per heavy atom. The minimum Gasteiger partial charge on any atom is -0.472 e. The Morgan fingerprint density at radius 2 is 2.04 bits per heavy atom. The van der Waals surface area contributed by atoms with Crippen molar-refractivity contribution in [2.75, 3.05) is 26.7 Å². The maximum absolute atomic E-state index is 12.5. The van der Waals surface area contributed by atoms with Crippen molar-refractivity contribution < 1.29 is 9.53 Å². The van der Waals surface area contributed by atoms with E-state index in [0.717, 1.165) is 44.0 Å². The number of hydrogen-bond acceptors (Lipinski definition) is 6. The molecule has 25 heavy (non-hydrogen) atoms. The van der Waals surface area contributed by atoms with E-state index in [9.17, 15) is 4.79 Å². The van der Waals surface area contributed by atoms with Crippen LogP contribution in [0.25, 0.3) is 0 Å². The molecule has 1 aromatic rings. The van der Waals surface area contributed by atoms with E-state index in [0.29, 0.717) is 17.1 Å². The van der Waals surface area contributed by atoms with Crippen LogP contribution in [0.2, 0.25) is 0 Å². The number of rotatable bonds is 4. The zero-order valence-corrected chi connectivity index (χ0v) is 15.9. The number of amides is 1. The van der Waals surface area contributed by atoms with Gasteiger partial charge in [0.1, 0.15) is 5.01 Å². The monoisotopic (exact) mass is 364 g/mol. The van der Waals surface area contributed by atoms with E-state index < -0.39 is 0 Å². The summed E-state index contributed by atoms with van der Waals surface area (Å²) < 4.78 is 5.16. The summed E-state index contributed by atoms with van der Waals surface area (Å²) in [5.74, 6) is 0.392. The Hall–Kier alpha value is -1.21. The lowest BCUT2D eigenvalue weighted by Gasteiger charge is -2.49. The average molecular weight is 365 g/mol. The number of piperidine rings is 2. The van der Waals surface area contributed by atoms with E-state index in [-0.39, 0.29) is 5.41 Å². The highest BCUT2D eigenvalue weighted by molar-refractivity contribution is 7.13. The Balaban J connectivity index is 1.42. The van der Waals surface area contributed by atoms with Gasteiger partial charge in [-0.25, -0.2) is 0 Å². The van der Waals surface area contributed by atoms with Gasteiger partial charge in [-0.1, -0.05) is 24.2 Å². The first-order valence-electron chi connectivity index (χ1n) is 9.56. The van der Waals surface area contributed by atoms with Crippen molar-refractivity contribution in [2.45, 2.75) is 64.0 Å². The van der Waals surface area contributed by atoms with Gasteiger partial charge in [-0.2, -0.15) is 0 Å². The summed E-state index contributed by atoms with van der Waals surface area (Å²) in [5, 5.41) is 9.95. The van der Waals surface area contributed by atoms with Crippen molar-refractivity contribution in [1.29, 1.82) is 0 Å². The second-order valence-corrected chi connectivity index (χ2v) is 8.96. The molecule has 2 aliphatic heterocycles. The van der Waals surface area contributed by atoms with Crippen molar-refractivity contribution in [3.8, 4) is 5.19 Å². The molecule has 0 bridgehead atoms. The number of hydrogen-bond donors (Lipinski definition) is 0. The zero-order valence-electron chi connectivity index (χ0n) is 15.1. The first kappa shape index (κ1) is 17.2. The molecule has 1 amide bonds. The summed E-state index contributed by atoms with van der Waals surface area (Å²) in [6.45, 7) is 4.00. The molecule has 1 aliphatic carbocycles. The third kappa shape index (κ3) is 3.67. The number of nitrogens with zero attached hydrogens (tertiary/aromatic N) is 4. The first-order chi connectivity index (χ1) is 12.2. The Bertz CT molecular complexity index is 616. The quantitative estimate of drug-likeness (QED) is 0.822. The first-order valence-corrected chi connectivity index (χ1v) is 10.4. The van der Waals surface area contributed by atoms with Gasteiger partial charge >= 0.3 is 0 Å². The molecule has 138 valence electrons. The van der Waals surface area contributed by atoms with Crippen LogP contribution in [0.15, 0.2) is 0 Å². The molecule has 0 radical (unpaired) electrons. The molecule has 4 rings (SSSR count). The lowest BCUT2D eigenvalue weighted by atomic mass is 9.73. The van der Waals surface area contributed by atoms with E-state index in [2.05, 4.69) is 20.0 Å². The predicted octanol–water partition coefficient (Wildman–Crippen LogP) is 2.69. The molecule has 6 nitrogen and oxygen atoms in total. The van der Waals surface area contributed by atoms with Crippen LogP contribution in [0, 0.1) is 5.41 Å². The van der Waals surface area contributed by atoms with Gasteiger partial charge in [-0.05, 0) is 38.6 Å². The van der Waals surface area contributed by atoms with E-state index in [1.54, 1.807) is 7.11 Å². The van der Waals surface area contributed by atoms with E-state index in [1.165, 1.54) is 49.9 Å². The molecule has 1 aromatic heterocycles. The second kappa shape index (κ2) is 7.19. The van der Waals surface area contributed by atoms with Gasteiger partial charge in [0.05, 0.1) is 13.7 Å². The molecule has 1 atom stereocenters. The van der Waals surface area contributed by atoms with Crippen LogP contribution in [-0.4, -0.2) is 58.7 Å². The molecule has 0 N–H and O–H groups in total. The van der Waals surface area contributed by atoms with E-state index in [1.807, 2.05) is 0 Å². The third-order valence-corrected chi connectivity index (χ3v) is 7.05. The van der Waals surface area contributed by atoms with Crippen LogP contribution in [0.4, 0.5) is 0 Å². The Labute approximate surface area is 153 Å².